The highest BCUT2D eigenvalue weighted by Crippen LogP contribution is 2.29. The van der Waals surface area contributed by atoms with Crippen LogP contribution in [0.1, 0.15) is 44.0 Å². The molecule has 0 unspecified atom stereocenters. The fourth-order valence-electron chi connectivity index (χ4n) is 3.36. The van der Waals surface area contributed by atoms with E-state index >= 15 is 0 Å². The lowest BCUT2D eigenvalue weighted by Gasteiger charge is -2.23. The topological polar surface area (TPSA) is 125 Å². The molecule has 2 N–H and O–H groups in total. The van der Waals surface area contributed by atoms with Crippen molar-refractivity contribution in [3.8, 4) is 0 Å². The zero-order valence-corrected chi connectivity index (χ0v) is 19.0. The Morgan fingerprint density at radius 1 is 1.10 bits per heavy atom. The van der Waals surface area contributed by atoms with E-state index in [2.05, 4.69) is 5.32 Å². The highest BCUT2D eigenvalue weighted by molar-refractivity contribution is 7.89. The van der Waals surface area contributed by atoms with Gasteiger partial charge in [0.05, 0.1) is 16.1 Å². The number of rotatable bonds is 9. The van der Waals surface area contributed by atoms with Crippen LogP contribution < -0.4 is 15.5 Å². The Bertz CT molecular complexity index is 908. The van der Waals surface area contributed by atoms with E-state index in [-0.39, 0.29) is 10.5 Å². The van der Waals surface area contributed by atoms with Crippen molar-refractivity contribution in [3.05, 3.63) is 23.8 Å². The molecule has 1 saturated heterocycles. The van der Waals surface area contributed by atoms with Crippen molar-refractivity contribution < 1.29 is 27.5 Å². The third-order valence-electron chi connectivity index (χ3n) is 4.90. The molecule has 31 heavy (non-hydrogen) atoms. The van der Waals surface area contributed by atoms with Crippen molar-refractivity contribution in [1.29, 1.82) is 0 Å². The summed E-state index contributed by atoms with van der Waals surface area (Å²) in [5.74, 6) is -1.61. The van der Waals surface area contributed by atoms with Gasteiger partial charge in [0.25, 0.3) is 5.91 Å². The van der Waals surface area contributed by atoms with E-state index in [1.165, 1.54) is 16.4 Å². The summed E-state index contributed by atoms with van der Waals surface area (Å²) in [4.78, 5) is 38.0. The molecule has 10 nitrogen and oxygen atoms in total. The number of nitrogens with zero attached hydrogens (tertiary/aromatic N) is 2. The number of urea groups is 1. The van der Waals surface area contributed by atoms with Gasteiger partial charge in [-0.2, -0.15) is 4.31 Å². The first-order valence-corrected chi connectivity index (χ1v) is 11.8. The zero-order chi connectivity index (χ0) is 23.0. The van der Waals surface area contributed by atoms with Gasteiger partial charge in [0, 0.05) is 32.7 Å². The van der Waals surface area contributed by atoms with Crippen LogP contribution >= 0.6 is 0 Å². The van der Waals surface area contributed by atoms with Crippen molar-refractivity contribution >= 4 is 33.6 Å². The molecule has 1 heterocycles. The molecule has 0 aliphatic carbocycles. The van der Waals surface area contributed by atoms with E-state index in [0.29, 0.717) is 25.3 Å². The first kappa shape index (κ1) is 24.6. The number of carbonyl (C=O) groups excluding carboxylic acids is 3. The summed E-state index contributed by atoms with van der Waals surface area (Å²) in [6.45, 7) is 6.92. The Morgan fingerprint density at radius 3 is 2.32 bits per heavy atom. The van der Waals surface area contributed by atoms with Crippen LogP contribution in [0.5, 0.6) is 0 Å². The summed E-state index contributed by atoms with van der Waals surface area (Å²) in [5.41, 5.74) is 0.631. The first-order chi connectivity index (χ1) is 14.7. The van der Waals surface area contributed by atoms with Gasteiger partial charge in [-0.05, 0) is 38.0 Å². The molecule has 3 amide bonds. The molecular weight excluding hydrogens is 424 g/mol. The maximum Gasteiger partial charge on any atom is 0.340 e. The summed E-state index contributed by atoms with van der Waals surface area (Å²) in [5, 5.41) is 4.44. The van der Waals surface area contributed by atoms with Crippen LogP contribution in [0, 0.1) is 0 Å². The number of sulfonamides is 1. The highest BCUT2D eigenvalue weighted by atomic mass is 32.2. The lowest BCUT2D eigenvalue weighted by molar-refractivity contribution is -0.123. The average Bonchev–Trinajstić information content (AvgIpc) is 3.27. The lowest BCUT2D eigenvalue weighted by Crippen LogP contribution is -2.41. The van der Waals surface area contributed by atoms with Gasteiger partial charge in [-0.3, -0.25) is 10.1 Å². The minimum absolute atomic E-state index is 0.0159. The Hall–Kier alpha value is -2.66. The van der Waals surface area contributed by atoms with Crippen molar-refractivity contribution in [2.45, 2.75) is 38.5 Å². The third-order valence-corrected chi connectivity index (χ3v) is 6.95. The number of anilines is 1. The Balaban J connectivity index is 2.28. The second-order valence-corrected chi connectivity index (χ2v) is 8.88. The summed E-state index contributed by atoms with van der Waals surface area (Å²) in [7, 11) is -3.78. The van der Waals surface area contributed by atoms with Crippen LogP contribution in [-0.4, -0.2) is 70.0 Å². The quantitative estimate of drug-likeness (QED) is 0.539. The molecule has 1 fully saturated rings. The first-order valence-electron chi connectivity index (χ1n) is 10.4. The number of nitrogens with one attached hydrogen (secondary N) is 2. The van der Waals surface area contributed by atoms with Crippen molar-refractivity contribution in [3.63, 3.8) is 0 Å². The normalized spacial score (nSPS) is 13.9. The predicted molar refractivity (Wildman–Crippen MR) is 115 cm³/mol. The molecule has 1 aliphatic rings. The monoisotopic (exact) mass is 454 g/mol. The van der Waals surface area contributed by atoms with E-state index < -0.39 is 34.5 Å². The average molecular weight is 455 g/mol. The number of carbonyl (C=O) groups is 3. The van der Waals surface area contributed by atoms with Gasteiger partial charge in [-0.1, -0.05) is 13.8 Å². The summed E-state index contributed by atoms with van der Waals surface area (Å²) < 4.78 is 32.2. The van der Waals surface area contributed by atoms with Gasteiger partial charge in [0.1, 0.15) is 0 Å². The maximum atomic E-state index is 12.9. The number of imide groups is 1. The van der Waals surface area contributed by atoms with Crippen LogP contribution in [0.15, 0.2) is 23.1 Å². The SMILES string of the molecule is CCNC(=O)NC(=O)COC(=O)c1cc(S(=O)(=O)N(CC)CC)ccc1N1CCCC1. The van der Waals surface area contributed by atoms with Gasteiger partial charge in [0.15, 0.2) is 6.61 Å². The molecule has 11 heteroatoms. The second-order valence-electron chi connectivity index (χ2n) is 6.95. The van der Waals surface area contributed by atoms with E-state index in [9.17, 15) is 22.8 Å². The fourth-order valence-corrected chi connectivity index (χ4v) is 4.85. The molecule has 1 aromatic rings. The van der Waals surface area contributed by atoms with Crippen LogP contribution in [0.25, 0.3) is 0 Å². The number of amides is 3. The molecule has 0 bridgehead atoms. The second kappa shape index (κ2) is 11.1. The minimum Gasteiger partial charge on any atom is -0.452 e. The molecule has 1 aromatic carbocycles. The van der Waals surface area contributed by atoms with E-state index in [0.717, 1.165) is 25.9 Å². The molecule has 0 aromatic heterocycles. The Morgan fingerprint density at radius 2 is 1.74 bits per heavy atom. The fraction of sp³-hybridized carbons (Fsp3) is 0.550. The van der Waals surface area contributed by atoms with Gasteiger partial charge >= 0.3 is 12.0 Å². The van der Waals surface area contributed by atoms with Gasteiger partial charge < -0.3 is 15.0 Å². The van der Waals surface area contributed by atoms with Gasteiger partial charge in [-0.15, -0.1) is 0 Å². The van der Waals surface area contributed by atoms with Crippen LogP contribution in [0.4, 0.5) is 10.5 Å². The number of benzene rings is 1. The van der Waals surface area contributed by atoms with Crippen LogP contribution in [0.2, 0.25) is 0 Å². The van der Waals surface area contributed by atoms with Gasteiger partial charge in [-0.25, -0.2) is 18.0 Å². The molecule has 0 radical (unpaired) electrons. The van der Waals surface area contributed by atoms with Crippen molar-refractivity contribution in [2.24, 2.45) is 0 Å². The summed E-state index contributed by atoms with van der Waals surface area (Å²) in [6, 6.07) is 3.70. The Kier molecular flexibility index (Phi) is 8.81. The summed E-state index contributed by atoms with van der Waals surface area (Å²) in [6.07, 6.45) is 1.92. The molecule has 0 spiro atoms. The molecular formula is C20H30N4O6S. The number of esters is 1. The summed E-state index contributed by atoms with van der Waals surface area (Å²) >= 11 is 0. The van der Waals surface area contributed by atoms with E-state index in [4.69, 9.17) is 4.74 Å². The number of hydrogen-bond donors (Lipinski definition) is 2. The molecule has 1 aliphatic heterocycles. The van der Waals surface area contributed by atoms with E-state index in [1.54, 1.807) is 26.8 Å². The minimum atomic E-state index is -3.78. The Labute approximate surface area is 183 Å². The lowest BCUT2D eigenvalue weighted by atomic mass is 10.1. The van der Waals surface area contributed by atoms with Crippen LogP contribution in [-0.2, 0) is 19.6 Å². The molecule has 172 valence electrons. The van der Waals surface area contributed by atoms with Crippen molar-refractivity contribution in [1.82, 2.24) is 14.9 Å². The predicted octanol–water partition coefficient (Wildman–Crippen LogP) is 1.32. The van der Waals surface area contributed by atoms with Gasteiger partial charge in [0.2, 0.25) is 10.0 Å². The largest absolute Gasteiger partial charge is 0.452 e. The number of ether oxygens (including phenoxy) is 1. The van der Waals surface area contributed by atoms with E-state index in [1.807, 2.05) is 10.2 Å². The smallest absolute Gasteiger partial charge is 0.340 e. The van der Waals surface area contributed by atoms with Crippen molar-refractivity contribution in [2.75, 3.05) is 44.2 Å². The molecule has 2 rings (SSSR count). The van der Waals surface area contributed by atoms with Crippen LogP contribution in [0.3, 0.4) is 0 Å². The maximum absolute atomic E-state index is 12.9. The number of hydrogen-bond acceptors (Lipinski definition) is 7. The standard InChI is InChI=1S/C20H30N4O6S/c1-4-21-20(27)22-18(25)14-30-19(26)16-13-15(31(28,29)24(5-2)6-3)9-10-17(16)23-11-7-8-12-23/h9-10,13H,4-8,11-12,14H2,1-3H3,(H2,21,22,25,27). The molecule has 0 saturated carbocycles. The highest BCUT2D eigenvalue weighted by Gasteiger charge is 2.27. The molecule has 0 atom stereocenters. The zero-order valence-electron chi connectivity index (χ0n) is 18.1. The third kappa shape index (κ3) is 6.17.